The Hall–Kier alpha value is -2.91. The lowest BCUT2D eigenvalue weighted by Gasteiger charge is -2.17. The molecule has 2 aromatic rings. The van der Waals surface area contributed by atoms with Gasteiger partial charge in [0.2, 0.25) is 0 Å². The fraction of sp³-hybridized carbons (Fsp3) is 0.300. The molecule has 0 aliphatic carbocycles. The number of aliphatic carboxylic acids is 1. The summed E-state index contributed by atoms with van der Waals surface area (Å²) in [5, 5.41) is 11.3. The smallest absolute Gasteiger partial charge is 0.327 e. The average Bonchev–Trinajstić information content (AvgIpc) is 2.67. The van der Waals surface area contributed by atoms with Crippen molar-refractivity contribution in [2.75, 3.05) is 12.4 Å². The molecule has 0 unspecified atom stereocenters. The Kier molecular flexibility index (Phi) is 7.74. The molecule has 1 amide bonds. The highest BCUT2D eigenvalue weighted by atomic mass is 32.2. The van der Waals surface area contributed by atoms with Crippen LogP contribution in [0.2, 0.25) is 0 Å². The van der Waals surface area contributed by atoms with Gasteiger partial charge in [-0.1, -0.05) is 49.7 Å². The quantitative estimate of drug-likeness (QED) is 0.397. The van der Waals surface area contributed by atoms with Crippen LogP contribution in [0.25, 0.3) is 11.1 Å². The molecule has 9 heteroatoms. The molecule has 0 saturated carbocycles. The zero-order chi connectivity index (χ0) is 21.4. The minimum absolute atomic E-state index is 0.153. The number of ether oxygens (including phenoxy) is 1. The molecule has 0 radical (unpaired) electrons. The lowest BCUT2D eigenvalue weighted by molar-refractivity contribution is -0.138. The van der Waals surface area contributed by atoms with Crippen molar-refractivity contribution >= 4 is 22.0 Å². The van der Waals surface area contributed by atoms with Crippen LogP contribution in [0.4, 0.5) is 0 Å². The predicted octanol–water partition coefficient (Wildman–Crippen LogP) is 2.60. The molecule has 156 valence electrons. The van der Waals surface area contributed by atoms with Crippen LogP contribution in [0.15, 0.2) is 48.5 Å². The fourth-order valence-corrected chi connectivity index (χ4v) is 3.33. The maximum absolute atomic E-state index is 12.7. The van der Waals surface area contributed by atoms with Crippen LogP contribution >= 0.6 is 0 Å². The highest BCUT2D eigenvalue weighted by molar-refractivity contribution is 7.85. The van der Waals surface area contributed by atoms with Crippen LogP contribution in [-0.4, -0.2) is 48.4 Å². The molecule has 29 heavy (non-hydrogen) atoms. The van der Waals surface area contributed by atoms with E-state index in [1.807, 2.05) is 6.92 Å². The molecule has 2 rings (SSSR count). The third-order valence-corrected chi connectivity index (χ3v) is 4.84. The molecule has 0 aliphatic rings. The second kappa shape index (κ2) is 10.0. The van der Waals surface area contributed by atoms with E-state index in [1.54, 1.807) is 42.5 Å². The van der Waals surface area contributed by atoms with Gasteiger partial charge in [0, 0.05) is 11.1 Å². The van der Waals surface area contributed by atoms with Gasteiger partial charge in [0.1, 0.15) is 17.5 Å². The summed E-state index contributed by atoms with van der Waals surface area (Å²) in [5.41, 5.74) is 1.31. The minimum Gasteiger partial charge on any atom is -0.493 e. The number of unbranched alkanes of at least 4 members (excludes halogenated alkanes) is 1. The van der Waals surface area contributed by atoms with E-state index >= 15 is 0 Å². The van der Waals surface area contributed by atoms with Crippen molar-refractivity contribution in [1.29, 1.82) is 0 Å². The number of carbonyl (C=O) groups is 2. The molecule has 1 atom stereocenters. The van der Waals surface area contributed by atoms with Gasteiger partial charge < -0.3 is 15.2 Å². The Morgan fingerprint density at radius 2 is 1.69 bits per heavy atom. The Bertz CT molecular complexity index is 972. The number of nitrogens with one attached hydrogen (secondary N) is 1. The van der Waals surface area contributed by atoms with E-state index in [9.17, 15) is 23.1 Å². The van der Waals surface area contributed by atoms with E-state index < -0.39 is 33.8 Å². The van der Waals surface area contributed by atoms with E-state index in [1.165, 1.54) is 6.07 Å². The molecule has 0 aliphatic heterocycles. The molecule has 0 fully saturated rings. The van der Waals surface area contributed by atoms with E-state index in [0.29, 0.717) is 23.5 Å². The first-order valence-electron chi connectivity index (χ1n) is 9.03. The monoisotopic (exact) mass is 421 g/mol. The lowest BCUT2D eigenvalue weighted by atomic mass is 9.98. The second-order valence-corrected chi connectivity index (χ2v) is 7.85. The number of carbonyl (C=O) groups excluding carboxylic acids is 1. The molecule has 0 heterocycles. The zero-order valence-electron chi connectivity index (χ0n) is 15.9. The molecule has 0 bridgehead atoms. The molecular weight excluding hydrogens is 398 g/mol. The third kappa shape index (κ3) is 6.58. The molecule has 0 spiro atoms. The topological polar surface area (TPSA) is 130 Å². The van der Waals surface area contributed by atoms with Gasteiger partial charge in [-0.3, -0.25) is 9.35 Å². The van der Waals surface area contributed by atoms with Crippen molar-refractivity contribution in [3.05, 3.63) is 54.1 Å². The number of para-hydroxylation sites is 1. The van der Waals surface area contributed by atoms with Gasteiger partial charge in [-0.2, -0.15) is 8.42 Å². The van der Waals surface area contributed by atoms with Gasteiger partial charge in [-0.25, -0.2) is 4.79 Å². The summed E-state index contributed by atoms with van der Waals surface area (Å²) in [6.07, 6.45) is 1.83. The van der Waals surface area contributed by atoms with E-state index in [2.05, 4.69) is 5.32 Å². The normalized spacial score (nSPS) is 12.2. The molecule has 0 saturated heterocycles. The largest absolute Gasteiger partial charge is 0.493 e. The van der Waals surface area contributed by atoms with Gasteiger partial charge in [0.25, 0.3) is 16.0 Å². The van der Waals surface area contributed by atoms with Crippen LogP contribution < -0.4 is 10.1 Å². The predicted molar refractivity (Wildman–Crippen MR) is 108 cm³/mol. The summed E-state index contributed by atoms with van der Waals surface area (Å²) in [7, 11) is -4.59. The van der Waals surface area contributed by atoms with Crippen molar-refractivity contribution in [1.82, 2.24) is 5.32 Å². The number of hydrogen-bond donors (Lipinski definition) is 3. The van der Waals surface area contributed by atoms with Crippen molar-refractivity contribution in [2.24, 2.45) is 0 Å². The van der Waals surface area contributed by atoms with Gasteiger partial charge in [0.05, 0.1) is 6.61 Å². The number of carboxylic acids is 1. The fourth-order valence-electron chi connectivity index (χ4n) is 2.68. The number of amides is 1. The Balaban J connectivity index is 2.36. The van der Waals surface area contributed by atoms with Gasteiger partial charge in [-0.05, 0) is 24.1 Å². The van der Waals surface area contributed by atoms with Crippen molar-refractivity contribution in [3.8, 4) is 16.9 Å². The maximum Gasteiger partial charge on any atom is 0.327 e. The van der Waals surface area contributed by atoms with E-state index in [0.717, 1.165) is 12.8 Å². The van der Waals surface area contributed by atoms with Crippen molar-refractivity contribution < 1.29 is 32.4 Å². The number of carboxylic acid groups (broad SMARTS) is 1. The summed E-state index contributed by atoms with van der Waals surface area (Å²) in [6.45, 7) is 2.55. The SMILES string of the molecule is CCCCOc1ccccc1-c1ccccc1C(=O)N[C@@H](CS(=O)(=O)O)C(=O)O. The van der Waals surface area contributed by atoms with Crippen molar-refractivity contribution in [2.45, 2.75) is 25.8 Å². The van der Waals surface area contributed by atoms with Crippen LogP contribution in [0.3, 0.4) is 0 Å². The van der Waals surface area contributed by atoms with E-state index in [4.69, 9.17) is 9.29 Å². The summed E-state index contributed by atoms with van der Waals surface area (Å²) in [6, 6.07) is 11.9. The number of hydrogen-bond acceptors (Lipinski definition) is 5. The summed E-state index contributed by atoms with van der Waals surface area (Å²) >= 11 is 0. The Morgan fingerprint density at radius 3 is 2.31 bits per heavy atom. The average molecular weight is 421 g/mol. The Morgan fingerprint density at radius 1 is 1.07 bits per heavy atom. The molecule has 2 aromatic carbocycles. The van der Waals surface area contributed by atoms with Crippen LogP contribution in [0, 0.1) is 0 Å². The first-order valence-corrected chi connectivity index (χ1v) is 10.6. The van der Waals surface area contributed by atoms with Gasteiger partial charge in [-0.15, -0.1) is 0 Å². The maximum atomic E-state index is 12.7. The second-order valence-electron chi connectivity index (χ2n) is 6.36. The van der Waals surface area contributed by atoms with Crippen LogP contribution in [-0.2, 0) is 14.9 Å². The van der Waals surface area contributed by atoms with Gasteiger partial charge >= 0.3 is 5.97 Å². The summed E-state index contributed by atoms with van der Waals surface area (Å²) in [5.74, 6) is -2.90. The van der Waals surface area contributed by atoms with Crippen molar-refractivity contribution in [3.63, 3.8) is 0 Å². The first-order chi connectivity index (χ1) is 13.7. The third-order valence-electron chi connectivity index (χ3n) is 4.09. The van der Waals surface area contributed by atoms with Gasteiger partial charge in [0.15, 0.2) is 0 Å². The van der Waals surface area contributed by atoms with Crippen LogP contribution in [0.1, 0.15) is 30.1 Å². The summed E-state index contributed by atoms with van der Waals surface area (Å²) < 4.78 is 36.8. The first kappa shape index (κ1) is 22.4. The Labute approximate surface area is 169 Å². The number of rotatable bonds is 10. The molecule has 3 N–H and O–H groups in total. The lowest BCUT2D eigenvalue weighted by Crippen LogP contribution is -2.45. The number of benzene rings is 2. The highest BCUT2D eigenvalue weighted by Crippen LogP contribution is 2.32. The standard InChI is InChI=1S/C20H23NO7S/c1-2-3-12-28-18-11-7-6-9-15(18)14-8-4-5-10-16(14)19(22)21-17(20(23)24)13-29(25,26)27/h4-11,17H,2-3,12-13H2,1H3,(H,21,22)(H,23,24)(H,25,26,27)/t17-/m0/s1. The molecule has 8 nitrogen and oxygen atoms in total. The molecule has 0 aromatic heterocycles. The van der Waals surface area contributed by atoms with Crippen LogP contribution in [0.5, 0.6) is 5.75 Å². The molecular formula is C20H23NO7S. The highest BCUT2D eigenvalue weighted by Gasteiger charge is 2.27. The summed E-state index contributed by atoms with van der Waals surface area (Å²) in [4.78, 5) is 24.0. The van der Waals surface area contributed by atoms with E-state index in [-0.39, 0.29) is 5.56 Å². The minimum atomic E-state index is -4.59. The zero-order valence-corrected chi connectivity index (χ0v) is 16.7.